The van der Waals surface area contributed by atoms with Crippen molar-refractivity contribution < 1.29 is 0 Å². The van der Waals surface area contributed by atoms with Crippen molar-refractivity contribution in [1.82, 2.24) is 5.43 Å². The molecule has 0 aliphatic carbocycles. The van der Waals surface area contributed by atoms with Gasteiger partial charge in [-0.2, -0.15) is 11.3 Å². The van der Waals surface area contributed by atoms with Crippen molar-refractivity contribution in [3.63, 3.8) is 0 Å². The van der Waals surface area contributed by atoms with Crippen LogP contribution in [-0.4, -0.2) is 0 Å². The first-order valence-corrected chi connectivity index (χ1v) is 6.23. The van der Waals surface area contributed by atoms with Crippen molar-refractivity contribution in [1.29, 1.82) is 0 Å². The summed E-state index contributed by atoms with van der Waals surface area (Å²) >= 11 is 3.46. The highest BCUT2D eigenvalue weighted by molar-refractivity contribution is 7.10. The summed E-state index contributed by atoms with van der Waals surface area (Å²) in [5.41, 5.74) is 4.20. The van der Waals surface area contributed by atoms with Gasteiger partial charge < -0.3 is 0 Å². The van der Waals surface area contributed by atoms with E-state index in [-0.39, 0.29) is 6.04 Å². The molecule has 2 heterocycles. The number of thiophene rings is 2. The van der Waals surface area contributed by atoms with Crippen molar-refractivity contribution in [3.05, 3.63) is 44.8 Å². The van der Waals surface area contributed by atoms with E-state index in [0.717, 1.165) is 6.42 Å². The Morgan fingerprint density at radius 2 is 2.29 bits per heavy atom. The third-order valence-corrected chi connectivity index (χ3v) is 3.83. The Hall–Kier alpha value is -0.680. The lowest BCUT2D eigenvalue weighted by atomic mass is 10.1. The van der Waals surface area contributed by atoms with E-state index in [0.29, 0.717) is 0 Å². The topological polar surface area (TPSA) is 38.0 Å². The fraction of sp³-hybridized carbons (Fsp3) is 0.200. The third-order valence-electron chi connectivity index (χ3n) is 2.11. The lowest BCUT2D eigenvalue weighted by molar-refractivity contribution is 0.561. The van der Waals surface area contributed by atoms with Crippen LogP contribution in [0.15, 0.2) is 34.3 Å². The Kier molecular flexibility index (Phi) is 3.31. The van der Waals surface area contributed by atoms with Gasteiger partial charge in [-0.05, 0) is 40.3 Å². The molecule has 2 aromatic heterocycles. The zero-order valence-corrected chi connectivity index (χ0v) is 9.28. The monoisotopic (exact) mass is 224 g/mol. The SMILES string of the molecule is NNC(Cc1ccsc1)c1cccs1. The second-order valence-corrected chi connectivity index (χ2v) is 4.83. The van der Waals surface area contributed by atoms with Gasteiger partial charge in [0.15, 0.2) is 0 Å². The van der Waals surface area contributed by atoms with Crippen LogP contribution in [0.25, 0.3) is 0 Å². The van der Waals surface area contributed by atoms with E-state index in [1.807, 2.05) is 0 Å². The molecule has 0 bridgehead atoms. The van der Waals surface area contributed by atoms with Crippen LogP contribution in [0.5, 0.6) is 0 Å². The molecule has 0 amide bonds. The van der Waals surface area contributed by atoms with Gasteiger partial charge in [0.05, 0.1) is 6.04 Å². The maximum atomic E-state index is 5.54. The number of nitrogens with one attached hydrogen (secondary N) is 1. The normalized spacial score (nSPS) is 12.9. The number of nitrogens with two attached hydrogens (primary N) is 1. The quantitative estimate of drug-likeness (QED) is 0.619. The second-order valence-electron chi connectivity index (χ2n) is 3.07. The van der Waals surface area contributed by atoms with Gasteiger partial charge in [-0.15, -0.1) is 11.3 Å². The van der Waals surface area contributed by atoms with Gasteiger partial charge in [0.2, 0.25) is 0 Å². The zero-order valence-electron chi connectivity index (χ0n) is 7.64. The molecular weight excluding hydrogens is 212 g/mol. The summed E-state index contributed by atoms with van der Waals surface area (Å²) in [7, 11) is 0. The molecule has 4 heteroatoms. The molecule has 1 atom stereocenters. The van der Waals surface area contributed by atoms with Gasteiger partial charge in [0.25, 0.3) is 0 Å². The Morgan fingerprint density at radius 1 is 1.36 bits per heavy atom. The van der Waals surface area contributed by atoms with E-state index in [1.165, 1.54) is 10.4 Å². The van der Waals surface area contributed by atoms with Crippen LogP contribution in [0.2, 0.25) is 0 Å². The maximum absolute atomic E-state index is 5.54. The summed E-state index contributed by atoms with van der Waals surface area (Å²) in [6.07, 6.45) is 0.959. The lowest BCUT2D eigenvalue weighted by Crippen LogP contribution is -2.28. The minimum Gasteiger partial charge on any atom is -0.271 e. The summed E-state index contributed by atoms with van der Waals surface area (Å²) in [4.78, 5) is 1.29. The molecule has 0 radical (unpaired) electrons. The molecule has 0 fully saturated rings. The molecule has 14 heavy (non-hydrogen) atoms. The van der Waals surface area contributed by atoms with Gasteiger partial charge in [-0.1, -0.05) is 6.07 Å². The van der Waals surface area contributed by atoms with E-state index in [1.54, 1.807) is 22.7 Å². The predicted octanol–water partition coefficient (Wildman–Crippen LogP) is 2.56. The average molecular weight is 224 g/mol. The molecule has 1 unspecified atom stereocenters. The van der Waals surface area contributed by atoms with Crippen molar-refractivity contribution >= 4 is 22.7 Å². The van der Waals surface area contributed by atoms with E-state index >= 15 is 0 Å². The largest absolute Gasteiger partial charge is 0.271 e. The molecular formula is C10H12N2S2. The van der Waals surface area contributed by atoms with Crippen LogP contribution in [0.4, 0.5) is 0 Å². The number of hydrazine groups is 1. The first-order chi connectivity index (χ1) is 6.90. The van der Waals surface area contributed by atoms with Crippen LogP contribution in [0.1, 0.15) is 16.5 Å². The lowest BCUT2D eigenvalue weighted by Gasteiger charge is -2.12. The highest BCUT2D eigenvalue weighted by Gasteiger charge is 2.11. The second kappa shape index (κ2) is 4.70. The summed E-state index contributed by atoms with van der Waals surface area (Å²) < 4.78 is 0. The van der Waals surface area contributed by atoms with E-state index < -0.39 is 0 Å². The summed E-state index contributed by atoms with van der Waals surface area (Å²) in [6.45, 7) is 0. The van der Waals surface area contributed by atoms with Crippen LogP contribution >= 0.6 is 22.7 Å². The Bertz CT molecular complexity index is 353. The number of hydrogen-bond donors (Lipinski definition) is 2. The molecule has 0 saturated carbocycles. The van der Waals surface area contributed by atoms with E-state index in [9.17, 15) is 0 Å². The van der Waals surface area contributed by atoms with Gasteiger partial charge in [-0.3, -0.25) is 11.3 Å². The van der Waals surface area contributed by atoms with Crippen LogP contribution in [-0.2, 0) is 6.42 Å². The molecule has 0 saturated heterocycles. The molecule has 0 aliphatic rings. The molecule has 2 aromatic rings. The van der Waals surface area contributed by atoms with Gasteiger partial charge in [0.1, 0.15) is 0 Å². The zero-order chi connectivity index (χ0) is 9.80. The Labute approximate surface area is 91.4 Å². The summed E-state index contributed by atoms with van der Waals surface area (Å²) in [5, 5.41) is 6.34. The Balaban J connectivity index is 2.08. The van der Waals surface area contributed by atoms with Crippen molar-refractivity contribution in [2.75, 3.05) is 0 Å². The molecule has 3 N–H and O–H groups in total. The predicted molar refractivity (Wildman–Crippen MR) is 62.4 cm³/mol. The van der Waals surface area contributed by atoms with E-state index in [2.05, 4.69) is 39.8 Å². The number of rotatable bonds is 4. The summed E-state index contributed by atoms with van der Waals surface area (Å²) in [6, 6.07) is 6.55. The summed E-state index contributed by atoms with van der Waals surface area (Å²) in [5.74, 6) is 5.54. The maximum Gasteiger partial charge on any atom is 0.0593 e. The molecule has 0 spiro atoms. The average Bonchev–Trinajstić information content (AvgIpc) is 2.86. The van der Waals surface area contributed by atoms with Crippen LogP contribution in [0.3, 0.4) is 0 Å². The number of hydrogen-bond acceptors (Lipinski definition) is 4. The van der Waals surface area contributed by atoms with Crippen molar-refractivity contribution in [3.8, 4) is 0 Å². The van der Waals surface area contributed by atoms with Gasteiger partial charge >= 0.3 is 0 Å². The molecule has 0 aromatic carbocycles. The first kappa shape index (κ1) is 9.86. The molecule has 74 valence electrons. The van der Waals surface area contributed by atoms with Crippen LogP contribution in [0, 0.1) is 0 Å². The van der Waals surface area contributed by atoms with Crippen molar-refractivity contribution in [2.24, 2.45) is 5.84 Å². The van der Waals surface area contributed by atoms with Crippen molar-refractivity contribution in [2.45, 2.75) is 12.5 Å². The first-order valence-electron chi connectivity index (χ1n) is 4.41. The highest BCUT2D eigenvalue weighted by Crippen LogP contribution is 2.22. The smallest absolute Gasteiger partial charge is 0.0593 e. The minimum atomic E-state index is 0.240. The standard InChI is InChI=1S/C10H12N2S2/c11-12-9(10-2-1-4-14-10)6-8-3-5-13-7-8/h1-5,7,9,12H,6,11H2. The Morgan fingerprint density at radius 3 is 2.86 bits per heavy atom. The highest BCUT2D eigenvalue weighted by atomic mass is 32.1. The third kappa shape index (κ3) is 2.22. The van der Waals surface area contributed by atoms with Crippen LogP contribution < -0.4 is 11.3 Å². The molecule has 2 rings (SSSR count). The van der Waals surface area contributed by atoms with Gasteiger partial charge in [0, 0.05) is 4.88 Å². The molecule has 0 aliphatic heterocycles. The molecule has 2 nitrogen and oxygen atoms in total. The van der Waals surface area contributed by atoms with Gasteiger partial charge in [-0.25, -0.2) is 0 Å². The fourth-order valence-electron chi connectivity index (χ4n) is 1.38. The minimum absolute atomic E-state index is 0.240. The van der Waals surface area contributed by atoms with E-state index in [4.69, 9.17) is 5.84 Å². The fourth-order valence-corrected chi connectivity index (χ4v) is 2.84.